The summed E-state index contributed by atoms with van der Waals surface area (Å²) in [5, 5.41) is 19.1. The highest BCUT2D eigenvalue weighted by molar-refractivity contribution is 5.38. The Kier molecular flexibility index (Phi) is 2.20. The number of hydrogen-bond acceptors (Lipinski definition) is 2. The molecule has 1 atom stereocenters. The second-order valence-electron chi connectivity index (χ2n) is 2.87. The van der Waals surface area contributed by atoms with Gasteiger partial charge >= 0.3 is 0 Å². The molecule has 0 bridgehead atoms. The molecule has 0 saturated carbocycles. The number of para-hydroxylation sites is 1. The molecule has 64 valence electrons. The molecule has 1 rings (SSSR count). The van der Waals surface area contributed by atoms with Crippen molar-refractivity contribution in [1.29, 1.82) is 0 Å². The van der Waals surface area contributed by atoms with Gasteiger partial charge in [-0.2, -0.15) is 0 Å². The molecule has 2 nitrogen and oxygen atoms in total. The molecule has 1 aromatic carbocycles. The van der Waals surface area contributed by atoms with Crippen molar-refractivity contribution in [3.8, 4) is 5.75 Å². The predicted molar refractivity (Wildman–Crippen MR) is 47.9 cm³/mol. The maximum absolute atomic E-state index is 9.70. The molecule has 1 aromatic rings. The molecule has 0 radical (unpaired) electrons. The van der Waals surface area contributed by atoms with Crippen LogP contribution in [-0.2, 0) is 5.60 Å². The number of aliphatic hydroxyl groups is 1. The zero-order valence-corrected chi connectivity index (χ0v) is 6.99. The van der Waals surface area contributed by atoms with Gasteiger partial charge in [0.05, 0.1) is 0 Å². The number of hydrogen-bond donors (Lipinski definition) is 2. The van der Waals surface area contributed by atoms with Crippen LogP contribution in [0.5, 0.6) is 5.75 Å². The molecule has 0 saturated heterocycles. The average molecular weight is 164 g/mol. The molecule has 0 heterocycles. The Morgan fingerprint density at radius 2 is 2.00 bits per heavy atom. The van der Waals surface area contributed by atoms with Crippen molar-refractivity contribution < 1.29 is 10.2 Å². The lowest BCUT2D eigenvalue weighted by Crippen LogP contribution is -2.17. The van der Waals surface area contributed by atoms with Crippen LogP contribution in [0.3, 0.4) is 0 Å². The predicted octanol–water partition coefficient (Wildman–Crippen LogP) is 1.79. The van der Waals surface area contributed by atoms with E-state index in [9.17, 15) is 10.2 Å². The lowest BCUT2D eigenvalue weighted by molar-refractivity contribution is 0.108. The Hall–Kier alpha value is -1.28. The van der Waals surface area contributed by atoms with Crippen LogP contribution in [0, 0.1) is 0 Å². The van der Waals surface area contributed by atoms with Crippen LogP contribution in [0.2, 0.25) is 0 Å². The number of phenols is 1. The molecule has 0 aliphatic carbocycles. The van der Waals surface area contributed by atoms with Gasteiger partial charge in [0.2, 0.25) is 0 Å². The maximum atomic E-state index is 9.70. The Balaban J connectivity index is 3.19. The smallest absolute Gasteiger partial charge is 0.121 e. The fraction of sp³-hybridized carbons (Fsp3) is 0.200. The molecule has 0 amide bonds. The van der Waals surface area contributed by atoms with Gasteiger partial charge in [-0.15, -0.1) is 0 Å². The first-order valence-corrected chi connectivity index (χ1v) is 3.72. The SMILES string of the molecule is C=CC(C)(O)c1ccccc1O. The second-order valence-corrected chi connectivity index (χ2v) is 2.87. The quantitative estimate of drug-likeness (QED) is 0.654. The van der Waals surface area contributed by atoms with Gasteiger partial charge in [0.25, 0.3) is 0 Å². The number of aromatic hydroxyl groups is 1. The van der Waals surface area contributed by atoms with Crippen molar-refractivity contribution in [3.05, 3.63) is 42.5 Å². The number of rotatable bonds is 2. The van der Waals surface area contributed by atoms with E-state index in [4.69, 9.17) is 0 Å². The van der Waals surface area contributed by atoms with E-state index in [-0.39, 0.29) is 5.75 Å². The molecular formula is C10H12O2. The van der Waals surface area contributed by atoms with E-state index in [1.165, 1.54) is 12.1 Å². The van der Waals surface area contributed by atoms with Crippen molar-refractivity contribution >= 4 is 0 Å². The number of benzene rings is 1. The number of phenolic OH excluding ortho intramolecular Hbond substituents is 1. The van der Waals surface area contributed by atoms with E-state index >= 15 is 0 Å². The summed E-state index contributed by atoms with van der Waals surface area (Å²) in [5.41, 5.74) is -0.689. The molecule has 0 fully saturated rings. The highest BCUT2D eigenvalue weighted by Gasteiger charge is 2.21. The van der Waals surface area contributed by atoms with E-state index in [0.29, 0.717) is 5.56 Å². The van der Waals surface area contributed by atoms with Crippen molar-refractivity contribution in [1.82, 2.24) is 0 Å². The van der Waals surface area contributed by atoms with E-state index in [1.807, 2.05) is 0 Å². The Bertz CT molecular complexity index is 290. The van der Waals surface area contributed by atoms with Crippen LogP contribution >= 0.6 is 0 Å². The van der Waals surface area contributed by atoms with Gasteiger partial charge in [-0.1, -0.05) is 30.9 Å². The lowest BCUT2D eigenvalue weighted by atomic mass is 9.95. The first-order chi connectivity index (χ1) is 5.58. The summed E-state index contributed by atoms with van der Waals surface area (Å²) in [4.78, 5) is 0. The highest BCUT2D eigenvalue weighted by Crippen LogP contribution is 2.28. The zero-order valence-electron chi connectivity index (χ0n) is 6.99. The van der Waals surface area contributed by atoms with Gasteiger partial charge in [-0.05, 0) is 13.0 Å². The molecule has 0 aliphatic heterocycles. The first-order valence-electron chi connectivity index (χ1n) is 3.72. The van der Waals surface area contributed by atoms with E-state index < -0.39 is 5.60 Å². The minimum Gasteiger partial charge on any atom is -0.508 e. The summed E-state index contributed by atoms with van der Waals surface area (Å²) in [6, 6.07) is 6.66. The third-order valence-electron chi connectivity index (χ3n) is 1.85. The molecule has 2 heteroatoms. The third kappa shape index (κ3) is 1.48. The van der Waals surface area contributed by atoms with Crippen LogP contribution in [0.4, 0.5) is 0 Å². The first kappa shape index (κ1) is 8.81. The largest absolute Gasteiger partial charge is 0.508 e. The van der Waals surface area contributed by atoms with Gasteiger partial charge in [-0.3, -0.25) is 0 Å². The van der Waals surface area contributed by atoms with E-state index in [2.05, 4.69) is 6.58 Å². The van der Waals surface area contributed by atoms with Crippen LogP contribution in [0.1, 0.15) is 12.5 Å². The van der Waals surface area contributed by atoms with Crippen LogP contribution in [0.25, 0.3) is 0 Å². The van der Waals surface area contributed by atoms with Crippen molar-refractivity contribution in [2.24, 2.45) is 0 Å². The minimum atomic E-state index is -1.16. The van der Waals surface area contributed by atoms with Crippen molar-refractivity contribution in [2.75, 3.05) is 0 Å². The lowest BCUT2D eigenvalue weighted by Gasteiger charge is -2.19. The molecule has 0 aromatic heterocycles. The van der Waals surface area contributed by atoms with Crippen molar-refractivity contribution in [2.45, 2.75) is 12.5 Å². The minimum absolute atomic E-state index is 0.0856. The standard InChI is InChI=1S/C10H12O2/c1-3-10(2,12)8-6-4-5-7-9(8)11/h3-7,11-12H,1H2,2H3. The topological polar surface area (TPSA) is 40.5 Å². The van der Waals surface area contributed by atoms with Gasteiger partial charge < -0.3 is 10.2 Å². The molecule has 0 aliphatic rings. The van der Waals surface area contributed by atoms with Gasteiger partial charge in [0.1, 0.15) is 11.4 Å². The Morgan fingerprint density at radius 1 is 1.42 bits per heavy atom. The van der Waals surface area contributed by atoms with E-state index in [1.54, 1.807) is 25.1 Å². The highest BCUT2D eigenvalue weighted by atomic mass is 16.3. The molecule has 0 spiro atoms. The second kappa shape index (κ2) is 2.99. The Morgan fingerprint density at radius 3 is 2.50 bits per heavy atom. The van der Waals surface area contributed by atoms with Gasteiger partial charge in [0, 0.05) is 5.56 Å². The monoisotopic (exact) mass is 164 g/mol. The molecule has 1 unspecified atom stereocenters. The third-order valence-corrected chi connectivity index (χ3v) is 1.85. The summed E-state index contributed by atoms with van der Waals surface area (Å²) >= 11 is 0. The summed E-state index contributed by atoms with van der Waals surface area (Å²) in [6.07, 6.45) is 1.39. The maximum Gasteiger partial charge on any atom is 0.121 e. The summed E-state index contributed by atoms with van der Waals surface area (Å²) in [5.74, 6) is 0.0856. The average Bonchev–Trinajstić information content (AvgIpc) is 2.05. The Labute approximate surface area is 71.8 Å². The molecular weight excluding hydrogens is 152 g/mol. The van der Waals surface area contributed by atoms with E-state index in [0.717, 1.165) is 0 Å². The van der Waals surface area contributed by atoms with Crippen LogP contribution in [-0.4, -0.2) is 10.2 Å². The molecule has 2 N–H and O–H groups in total. The van der Waals surface area contributed by atoms with Gasteiger partial charge in [-0.25, -0.2) is 0 Å². The summed E-state index contributed by atoms with van der Waals surface area (Å²) in [6.45, 7) is 5.07. The zero-order chi connectivity index (χ0) is 9.19. The molecule has 12 heavy (non-hydrogen) atoms. The summed E-state index contributed by atoms with van der Waals surface area (Å²) < 4.78 is 0. The van der Waals surface area contributed by atoms with Crippen LogP contribution in [0.15, 0.2) is 36.9 Å². The summed E-state index contributed by atoms with van der Waals surface area (Å²) in [7, 11) is 0. The fourth-order valence-corrected chi connectivity index (χ4v) is 1.01. The van der Waals surface area contributed by atoms with Crippen molar-refractivity contribution in [3.63, 3.8) is 0 Å². The van der Waals surface area contributed by atoms with Crippen LogP contribution < -0.4 is 0 Å². The van der Waals surface area contributed by atoms with Gasteiger partial charge in [0.15, 0.2) is 0 Å². The fourth-order valence-electron chi connectivity index (χ4n) is 1.01. The normalized spacial score (nSPS) is 15.2.